The first-order valence-corrected chi connectivity index (χ1v) is 10.1. The number of carboxylic acid groups (broad SMARTS) is 1. The predicted molar refractivity (Wildman–Crippen MR) is 108 cm³/mol. The van der Waals surface area contributed by atoms with Gasteiger partial charge < -0.3 is 19.3 Å². The summed E-state index contributed by atoms with van der Waals surface area (Å²) in [5.74, 6) is -1.43. The van der Waals surface area contributed by atoms with Gasteiger partial charge in [-0.1, -0.05) is 0 Å². The molecule has 0 saturated carbocycles. The number of hydrogen-bond acceptors (Lipinski definition) is 6. The molecule has 28 heavy (non-hydrogen) atoms. The van der Waals surface area contributed by atoms with Crippen LogP contribution < -0.4 is 10.9 Å². The number of carbonyl (C=O) groups is 2. The molecule has 1 amide bonds. The van der Waals surface area contributed by atoms with Crippen molar-refractivity contribution in [1.82, 2.24) is 5.32 Å². The topological polar surface area (TPSA) is 110 Å². The molecule has 2 aromatic heterocycles. The van der Waals surface area contributed by atoms with Gasteiger partial charge in [-0.15, -0.1) is 0 Å². The Morgan fingerprint density at radius 2 is 1.93 bits per heavy atom. The van der Waals surface area contributed by atoms with Gasteiger partial charge in [0.05, 0.1) is 23.6 Å². The van der Waals surface area contributed by atoms with Gasteiger partial charge in [0, 0.05) is 11.1 Å². The Morgan fingerprint density at radius 1 is 1.21 bits per heavy atom. The van der Waals surface area contributed by atoms with E-state index in [1.165, 1.54) is 11.8 Å². The third-order valence-corrected chi connectivity index (χ3v) is 5.44. The van der Waals surface area contributed by atoms with Crippen LogP contribution in [-0.4, -0.2) is 35.0 Å². The number of rotatable bonds is 6. The Kier molecular flexibility index (Phi) is 5.51. The van der Waals surface area contributed by atoms with E-state index >= 15 is 0 Å². The summed E-state index contributed by atoms with van der Waals surface area (Å²) in [4.78, 5) is 36.1. The van der Waals surface area contributed by atoms with Gasteiger partial charge in [-0.2, -0.15) is 11.8 Å². The van der Waals surface area contributed by atoms with E-state index in [0.717, 1.165) is 16.5 Å². The molecule has 0 radical (unpaired) electrons. The molecule has 0 bridgehead atoms. The lowest BCUT2D eigenvalue weighted by atomic mass is 9.98. The molecule has 0 spiro atoms. The van der Waals surface area contributed by atoms with Crippen molar-refractivity contribution in [2.75, 3.05) is 12.0 Å². The summed E-state index contributed by atoms with van der Waals surface area (Å²) in [6.07, 6.45) is 3.13. The first-order chi connectivity index (χ1) is 13.2. The maximum atomic E-state index is 12.5. The van der Waals surface area contributed by atoms with Crippen molar-refractivity contribution < 1.29 is 23.5 Å². The molecule has 1 atom stereocenters. The minimum Gasteiger partial charge on any atom is -0.480 e. The molecule has 148 valence electrons. The highest BCUT2D eigenvalue weighted by molar-refractivity contribution is 7.98. The average molecular weight is 403 g/mol. The Balaban J connectivity index is 2.06. The minimum atomic E-state index is -1.12. The number of thioether (sulfide) groups is 1. The second kappa shape index (κ2) is 7.71. The van der Waals surface area contributed by atoms with E-state index in [1.807, 2.05) is 13.8 Å². The number of hydrogen-bond donors (Lipinski definition) is 2. The fourth-order valence-electron chi connectivity index (χ4n) is 3.42. The zero-order chi connectivity index (χ0) is 20.6. The Labute approximate surface area is 165 Å². The highest BCUT2D eigenvalue weighted by atomic mass is 32.2. The van der Waals surface area contributed by atoms with Crippen LogP contribution in [0.1, 0.15) is 22.3 Å². The lowest BCUT2D eigenvalue weighted by Gasteiger charge is -2.14. The summed E-state index contributed by atoms with van der Waals surface area (Å²) in [6.45, 7) is 5.59. The Morgan fingerprint density at radius 3 is 2.57 bits per heavy atom. The van der Waals surface area contributed by atoms with E-state index in [4.69, 9.17) is 8.83 Å². The quantitative estimate of drug-likeness (QED) is 0.609. The van der Waals surface area contributed by atoms with Gasteiger partial charge >= 0.3 is 11.6 Å². The van der Waals surface area contributed by atoms with Crippen LogP contribution in [0.4, 0.5) is 0 Å². The summed E-state index contributed by atoms with van der Waals surface area (Å²) in [6, 6.07) is 0.773. The summed E-state index contributed by atoms with van der Waals surface area (Å²) >= 11 is 1.31. The van der Waals surface area contributed by atoms with E-state index in [2.05, 4.69) is 5.32 Å². The van der Waals surface area contributed by atoms with E-state index in [-0.39, 0.29) is 17.7 Å². The number of amides is 1. The molecular formula is C20H21NO6S. The molecule has 1 aromatic carbocycles. The molecule has 0 unspecified atom stereocenters. The van der Waals surface area contributed by atoms with Gasteiger partial charge in [-0.05, 0) is 49.8 Å². The lowest BCUT2D eigenvalue weighted by molar-refractivity contribution is -0.141. The van der Waals surface area contributed by atoms with Crippen LogP contribution in [0.25, 0.3) is 21.9 Å². The van der Waals surface area contributed by atoms with E-state index in [0.29, 0.717) is 22.1 Å². The molecule has 0 aliphatic rings. The normalized spacial score (nSPS) is 12.4. The predicted octanol–water partition coefficient (Wildman–Crippen LogP) is 2.94. The number of furan rings is 1. The lowest BCUT2D eigenvalue weighted by Crippen LogP contribution is -2.43. The van der Waals surface area contributed by atoms with Crippen LogP contribution in [0.3, 0.4) is 0 Å². The van der Waals surface area contributed by atoms with Crippen LogP contribution in [0.2, 0.25) is 0 Å². The van der Waals surface area contributed by atoms with Crippen LogP contribution in [0, 0.1) is 20.8 Å². The summed E-state index contributed by atoms with van der Waals surface area (Å²) in [5.41, 5.74) is 3.09. The maximum Gasteiger partial charge on any atom is 0.340 e. The van der Waals surface area contributed by atoms with Crippen molar-refractivity contribution in [2.24, 2.45) is 0 Å². The van der Waals surface area contributed by atoms with E-state index < -0.39 is 23.5 Å². The molecule has 3 rings (SSSR count). The first-order valence-electron chi connectivity index (χ1n) is 8.69. The molecule has 0 saturated heterocycles. The maximum absolute atomic E-state index is 12.5. The van der Waals surface area contributed by atoms with Crippen LogP contribution in [0.5, 0.6) is 0 Å². The second-order valence-corrected chi connectivity index (χ2v) is 7.68. The third kappa shape index (κ3) is 3.52. The smallest absolute Gasteiger partial charge is 0.340 e. The summed E-state index contributed by atoms with van der Waals surface area (Å²) < 4.78 is 11.2. The summed E-state index contributed by atoms with van der Waals surface area (Å²) in [7, 11) is 0. The number of aryl methyl sites for hydroxylation is 3. The number of aliphatic carboxylic acids is 1. The highest BCUT2D eigenvalue weighted by Gasteiger charge is 2.23. The van der Waals surface area contributed by atoms with E-state index in [1.54, 1.807) is 25.5 Å². The van der Waals surface area contributed by atoms with Gasteiger partial charge in [0.25, 0.3) is 0 Å². The molecular weight excluding hydrogens is 382 g/mol. The number of nitrogens with one attached hydrogen (secondary N) is 1. The van der Waals surface area contributed by atoms with Gasteiger partial charge in [0.15, 0.2) is 0 Å². The van der Waals surface area contributed by atoms with Crippen LogP contribution in [-0.2, 0) is 16.0 Å². The Bertz CT molecular complexity index is 1140. The molecule has 2 N–H and O–H groups in total. The minimum absolute atomic E-state index is 0.192. The monoisotopic (exact) mass is 403 g/mol. The largest absolute Gasteiger partial charge is 0.480 e. The van der Waals surface area contributed by atoms with Gasteiger partial charge in [0.2, 0.25) is 5.91 Å². The van der Waals surface area contributed by atoms with Crippen molar-refractivity contribution in [3.05, 3.63) is 45.0 Å². The fraction of sp³-hybridized carbons (Fsp3) is 0.350. The highest BCUT2D eigenvalue weighted by Crippen LogP contribution is 2.34. The van der Waals surface area contributed by atoms with Crippen molar-refractivity contribution in [2.45, 2.75) is 33.2 Å². The van der Waals surface area contributed by atoms with Crippen LogP contribution in [0.15, 0.2) is 26.0 Å². The van der Waals surface area contributed by atoms with Crippen molar-refractivity contribution in [1.29, 1.82) is 0 Å². The molecule has 2 heterocycles. The van der Waals surface area contributed by atoms with Crippen molar-refractivity contribution in [3.63, 3.8) is 0 Å². The Hall–Kier alpha value is -2.74. The standard InChI is InChI=1S/C20H21NO6S/c1-9-5-14-17(18-16(9)10(2)7-26-18)11(3)12(20(25)27-14)6-15(22)21-13(8-28-4)19(23)24/h5,7,13H,6,8H2,1-4H3,(H,21,22)(H,23,24)/t13-/m0/s1. The average Bonchev–Trinajstić information content (AvgIpc) is 3.00. The zero-order valence-corrected chi connectivity index (χ0v) is 16.9. The van der Waals surface area contributed by atoms with Gasteiger partial charge in [0.1, 0.15) is 17.2 Å². The number of carbonyl (C=O) groups excluding carboxylic acids is 1. The number of fused-ring (bicyclic) bond motifs is 3. The van der Waals surface area contributed by atoms with Gasteiger partial charge in [-0.3, -0.25) is 4.79 Å². The van der Waals surface area contributed by atoms with Gasteiger partial charge in [-0.25, -0.2) is 9.59 Å². The second-order valence-electron chi connectivity index (χ2n) is 6.77. The third-order valence-electron chi connectivity index (χ3n) is 4.77. The molecule has 0 aliphatic carbocycles. The molecule has 3 aromatic rings. The number of carboxylic acids is 1. The first kappa shape index (κ1) is 20.0. The fourth-order valence-corrected chi connectivity index (χ4v) is 3.98. The summed E-state index contributed by atoms with van der Waals surface area (Å²) in [5, 5.41) is 13.2. The van der Waals surface area contributed by atoms with Crippen molar-refractivity contribution >= 4 is 45.6 Å². The van der Waals surface area contributed by atoms with E-state index in [9.17, 15) is 19.5 Å². The SMILES string of the molecule is CSC[C@H](NC(=O)Cc1c(C)c2c(cc(C)c3c(C)coc32)oc1=O)C(=O)O. The molecule has 8 heteroatoms. The molecule has 7 nitrogen and oxygen atoms in total. The molecule has 0 aliphatic heterocycles. The molecule has 0 fully saturated rings. The van der Waals surface area contributed by atoms with Crippen LogP contribution >= 0.6 is 11.8 Å². The number of benzene rings is 1. The zero-order valence-electron chi connectivity index (χ0n) is 16.0. The van der Waals surface area contributed by atoms with Crippen molar-refractivity contribution in [3.8, 4) is 0 Å².